The van der Waals surface area contributed by atoms with Crippen molar-refractivity contribution >= 4 is 11.1 Å². The van der Waals surface area contributed by atoms with E-state index >= 15 is 0 Å². The zero-order valence-electron chi connectivity index (χ0n) is 15.6. The second-order valence-electron chi connectivity index (χ2n) is 6.47. The molecule has 1 aromatic rings. The van der Waals surface area contributed by atoms with Crippen LogP contribution in [0.2, 0.25) is 0 Å². The van der Waals surface area contributed by atoms with Gasteiger partial charge >= 0.3 is 0 Å². The summed E-state index contributed by atoms with van der Waals surface area (Å²) in [6, 6.07) is 2.35. The molecule has 1 atom stereocenters. The Morgan fingerprint density at radius 3 is 2.50 bits per heavy atom. The number of rotatable bonds is 9. The molecule has 0 fully saturated rings. The van der Waals surface area contributed by atoms with Crippen molar-refractivity contribution in [2.75, 3.05) is 0 Å². The number of unbranched alkanes of at least 4 members (excludes halogenated alkanes) is 1. The summed E-state index contributed by atoms with van der Waals surface area (Å²) in [5.41, 5.74) is 6.75. The molecule has 0 amide bonds. The molecule has 0 spiro atoms. The van der Waals surface area contributed by atoms with E-state index in [1.165, 1.54) is 53.8 Å². The second kappa shape index (κ2) is 9.02. The first-order chi connectivity index (χ1) is 10.5. The summed E-state index contributed by atoms with van der Waals surface area (Å²) in [5.74, 6) is 0.781. The van der Waals surface area contributed by atoms with E-state index in [2.05, 4.69) is 64.8 Å². The average molecular weight is 302 g/mol. The molecule has 0 aliphatic rings. The number of aromatic nitrogens is 1. The first kappa shape index (κ1) is 18.8. The van der Waals surface area contributed by atoms with E-state index in [1.54, 1.807) is 0 Å². The van der Waals surface area contributed by atoms with Crippen molar-refractivity contribution in [3.63, 3.8) is 0 Å². The van der Waals surface area contributed by atoms with Crippen molar-refractivity contribution < 1.29 is 0 Å². The molecule has 0 saturated heterocycles. The van der Waals surface area contributed by atoms with Gasteiger partial charge in [-0.05, 0) is 62.8 Å². The van der Waals surface area contributed by atoms with Crippen LogP contribution in [0.3, 0.4) is 0 Å². The Morgan fingerprint density at radius 2 is 2.00 bits per heavy atom. The molecule has 0 saturated carbocycles. The lowest BCUT2D eigenvalue weighted by molar-refractivity contribution is 0.461. The van der Waals surface area contributed by atoms with Crippen LogP contribution >= 0.6 is 0 Å². The summed E-state index contributed by atoms with van der Waals surface area (Å²) in [7, 11) is 0. The molecule has 0 bridgehead atoms. The summed E-state index contributed by atoms with van der Waals surface area (Å²) < 4.78 is 2.42. The smallest absolute Gasteiger partial charge is 0.0441 e. The van der Waals surface area contributed by atoms with Crippen LogP contribution in [-0.4, -0.2) is 4.57 Å². The highest BCUT2D eigenvalue weighted by Gasteiger charge is 2.16. The Labute approximate surface area is 138 Å². The van der Waals surface area contributed by atoms with Crippen LogP contribution in [0.5, 0.6) is 0 Å². The van der Waals surface area contributed by atoms with Gasteiger partial charge in [-0.15, -0.1) is 0 Å². The van der Waals surface area contributed by atoms with Crippen molar-refractivity contribution in [3.8, 4) is 0 Å². The van der Waals surface area contributed by atoms with Gasteiger partial charge in [-0.1, -0.05) is 52.2 Å². The van der Waals surface area contributed by atoms with Crippen molar-refractivity contribution in [3.05, 3.63) is 35.7 Å². The minimum atomic E-state index is 0.781. The van der Waals surface area contributed by atoms with Gasteiger partial charge in [0.15, 0.2) is 0 Å². The van der Waals surface area contributed by atoms with Gasteiger partial charge in [-0.25, -0.2) is 0 Å². The lowest BCUT2D eigenvalue weighted by atomic mass is 9.89. The molecule has 124 valence electrons. The lowest BCUT2D eigenvalue weighted by Gasteiger charge is -2.16. The predicted molar refractivity (Wildman–Crippen MR) is 101 cm³/mol. The Bertz CT molecular complexity index is 516. The summed E-state index contributed by atoms with van der Waals surface area (Å²) in [6.07, 6.45) is 8.55. The van der Waals surface area contributed by atoms with Crippen LogP contribution in [0.25, 0.3) is 11.1 Å². The monoisotopic (exact) mass is 301 g/mol. The van der Waals surface area contributed by atoms with E-state index in [-0.39, 0.29) is 0 Å². The van der Waals surface area contributed by atoms with Crippen LogP contribution in [-0.2, 0) is 6.54 Å². The lowest BCUT2D eigenvalue weighted by Crippen LogP contribution is -2.03. The molecule has 1 nitrogen and oxygen atoms in total. The van der Waals surface area contributed by atoms with Gasteiger partial charge in [0.05, 0.1) is 0 Å². The fraction of sp³-hybridized carbons (Fsp3) is 0.619. The molecule has 1 heterocycles. The van der Waals surface area contributed by atoms with Crippen molar-refractivity contribution in [2.45, 2.75) is 80.2 Å². The van der Waals surface area contributed by atoms with Crippen LogP contribution < -0.4 is 0 Å². The maximum Gasteiger partial charge on any atom is 0.0441 e. The molecule has 0 aliphatic carbocycles. The molecule has 22 heavy (non-hydrogen) atoms. The molecule has 0 aliphatic heterocycles. The highest BCUT2D eigenvalue weighted by molar-refractivity contribution is 5.72. The second-order valence-corrected chi connectivity index (χ2v) is 6.47. The largest absolute Gasteiger partial charge is 0.345 e. The SMILES string of the molecule is C=C(CC(CC)CCCC)c1cc(/C(C)=C/C)n(CC)c1C. The quantitative estimate of drug-likeness (QED) is 0.469. The zero-order valence-corrected chi connectivity index (χ0v) is 15.6. The topological polar surface area (TPSA) is 4.93 Å². The zero-order chi connectivity index (χ0) is 16.7. The Kier molecular flexibility index (Phi) is 7.72. The van der Waals surface area contributed by atoms with Crippen molar-refractivity contribution in [1.29, 1.82) is 0 Å². The maximum atomic E-state index is 4.42. The van der Waals surface area contributed by atoms with E-state index in [4.69, 9.17) is 0 Å². The first-order valence-corrected chi connectivity index (χ1v) is 9.01. The fourth-order valence-electron chi connectivity index (χ4n) is 3.29. The molecule has 1 aromatic heterocycles. The molecule has 1 rings (SSSR count). The predicted octanol–water partition coefficient (Wildman–Crippen LogP) is 6.86. The minimum absolute atomic E-state index is 0.781. The first-order valence-electron chi connectivity index (χ1n) is 9.01. The number of nitrogens with zero attached hydrogens (tertiary/aromatic N) is 1. The van der Waals surface area contributed by atoms with E-state index < -0.39 is 0 Å². The van der Waals surface area contributed by atoms with Crippen LogP contribution in [0.1, 0.15) is 83.7 Å². The average Bonchev–Trinajstić information content (AvgIpc) is 2.87. The van der Waals surface area contributed by atoms with Gasteiger partial charge in [0.25, 0.3) is 0 Å². The highest BCUT2D eigenvalue weighted by atomic mass is 15.0. The van der Waals surface area contributed by atoms with Gasteiger partial charge in [0, 0.05) is 17.9 Å². The summed E-state index contributed by atoms with van der Waals surface area (Å²) >= 11 is 0. The van der Waals surface area contributed by atoms with Gasteiger partial charge in [0.1, 0.15) is 0 Å². The van der Waals surface area contributed by atoms with Gasteiger partial charge in [-0.3, -0.25) is 0 Å². The van der Waals surface area contributed by atoms with Crippen molar-refractivity contribution in [1.82, 2.24) is 4.57 Å². The number of hydrogen-bond acceptors (Lipinski definition) is 0. The van der Waals surface area contributed by atoms with Gasteiger partial charge in [-0.2, -0.15) is 0 Å². The number of allylic oxidation sites excluding steroid dienone is 3. The summed E-state index contributed by atoms with van der Waals surface area (Å²) in [6.45, 7) is 18.8. The van der Waals surface area contributed by atoms with Gasteiger partial charge in [0.2, 0.25) is 0 Å². The third-order valence-corrected chi connectivity index (χ3v) is 4.98. The number of hydrogen-bond donors (Lipinski definition) is 0. The summed E-state index contributed by atoms with van der Waals surface area (Å²) in [5, 5.41) is 0. The Balaban J connectivity index is 3.01. The van der Waals surface area contributed by atoms with Gasteiger partial charge < -0.3 is 4.57 Å². The van der Waals surface area contributed by atoms with E-state index in [0.717, 1.165) is 18.9 Å². The normalized spacial score (nSPS) is 13.5. The summed E-state index contributed by atoms with van der Waals surface area (Å²) in [4.78, 5) is 0. The molecular weight excluding hydrogens is 266 g/mol. The standard InChI is InChI=1S/C21H35N/c1-8-12-13-19(10-3)14-17(6)20-15-21(16(5)9-2)22(11-4)18(20)7/h9,15,19H,6,8,10-14H2,1-5,7H3/b16-9+. The maximum absolute atomic E-state index is 4.42. The van der Waals surface area contributed by atoms with Crippen molar-refractivity contribution in [2.24, 2.45) is 5.92 Å². The van der Waals surface area contributed by atoms with E-state index in [9.17, 15) is 0 Å². The molecule has 0 aromatic carbocycles. The Morgan fingerprint density at radius 1 is 1.32 bits per heavy atom. The third kappa shape index (κ3) is 4.38. The molecule has 0 N–H and O–H groups in total. The Hall–Kier alpha value is -1.24. The van der Waals surface area contributed by atoms with Crippen LogP contribution in [0, 0.1) is 12.8 Å². The molecule has 0 radical (unpaired) electrons. The molecular formula is C21H35N. The van der Waals surface area contributed by atoms with Crippen LogP contribution in [0.15, 0.2) is 18.7 Å². The fourth-order valence-corrected chi connectivity index (χ4v) is 3.29. The van der Waals surface area contributed by atoms with E-state index in [0.29, 0.717) is 0 Å². The third-order valence-electron chi connectivity index (χ3n) is 4.98. The highest BCUT2D eigenvalue weighted by Crippen LogP contribution is 2.32. The van der Waals surface area contributed by atoms with E-state index in [1.807, 2.05) is 0 Å². The molecule has 1 heteroatoms. The minimum Gasteiger partial charge on any atom is -0.345 e. The van der Waals surface area contributed by atoms with Crippen LogP contribution in [0.4, 0.5) is 0 Å². The molecule has 1 unspecified atom stereocenters.